The maximum Gasteiger partial charge on any atom is 0.311 e. The van der Waals surface area contributed by atoms with Gasteiger partial charge in [0.1, 0.15) is 0 Å². The molecule has 2 rings (SSSR count). The van der Waals surface area contributed by atoms with Crippen LogP contribution in [0.25, 0.3) is 0 Å². The van der Waals surface area contributed by atoms with Crippen molar-refractivity contribution in [3.63, 3.8) is 0 Å². The standard InChI is InChI=1S/C13H14N2O6/c1-21-11-3-2-8(4-10(11)15(19)20)6-14-7-9(13(17)18)5-12(14)16/h2-4,9H,5-7H2,1H3,(H,17,18). The van der Waals surface area contributed by atoms with E-state index in [1.54, 1.807) is 6.07 Å². The van der Waals surface area contributed by atoms with Crippen LogP contribution in [0.2, 0.25) is 0 Å². The van der Waals surface area contributed by atoms with Crippen LogP contribution in [0.3, 0.4) is 0 Å². The number of hydrogen-bond acceptors (Lipinski definition) is 5. The second-order valence-electron chi connectivity index (χ2n) is 4.78. The summed E-state index contributed by atoms with van der Waals surface area (Å²) in [5.74, 6) is -1.85. The second-order valence-corrected chi connectivity index (χ2v) is 4.78. The number of nitrogens with zero attached hydrogens (tertiary/aromatic N) is 2. The highest BCUT2D eigenvalue weighted by Crippen LogP contribution is 2.29. The van der Waals surface area contributed by atoms with Crippen LogP contribution in [0.15, 0.2) is 18.2 Å². The van der Waals surface area contributed by atoms with Crippen LogP contribution in [0, 0.1) is 16.0 Å². The zero-order chi connectivity index (χ0) is 15.6. The summed E-state index contributed by atoms with van der Waals surface area (Å²) in [5.41, 5.74) is 0.373. The molecule has 1 aromatic carbocycles. The van der Waals surface area contributed by atoms with Crippen LogP contribution >= 0.6 is 0 Å². The largest absolute Gasteiger partial charge is 0.490 e. The third-order valence-electron chi connectivity index (χ3n) is 3.38. The van der Waals surface area contributed by atoms with E-state index in [1.165, 1.54) is 24.1 Å². The Morgan fingerprint density at radius 3 is 2.81 bits per heavy atom. The molecule has 112 valence electrons. The Labute approximate surface area is 120 Å². The quantitative estimate of drug-likeness (QED) is 0.641. The molecule has 0 aromatic heterocycles. The van der Waals surface area contributed by atoms with Crippen molar-refractivity contribution < 1.29 is 24.4 Å². The third-order valence-corrected chi connectivity index (χ3v) is 3.38. The third kappa shape index (κ3) is 3.10. The Hall–Kier alpha value is -2.64. The molecule has 8 heteroatoms. The predicted octanol–water partition coefficient (Wildman–Crippen LogP) is 1.04. The van der Waals surface area contributed by atoms with Crippen LogP contribution < -0.4 is 4.74 Å². The van der Waals surface area contributed by atoms with Gasteiger partial charge in [0.05, 0.1) is 18.0 Å². The van der Waals surface area contributed by atoms with Crippen molar-refractivity contribution in [3.8, 4) is 5.75 Å². The summed E-state index contributed by atoms with van der Waals surface area (Å²) in [6, 6.07) is 4.41. The zero-order valence-corrected chi connectivity index (χ0v) is 11.3. The van der Waals surface area contributed by atoms with Gasteiger partial charge in [-0.2, -0.15) is 0 Å². The minimum Gasteiger partial charge on any atom is -0.490 e. The lowest BCUT2D eigenvalue weighted by Gasteiger charge is -2.16. The number of amides is 1. The molecular formula is C13H14N2O6. The van der Waals surface area contributed by atoms with E-state index in [0.29, 0.717) is 5.56 Å². The minimum absolute atomic E-state index is 0.0341. The molecule has 21 heavy (non-hydrogen) atoms. The number of rotatable bonds is 5. The highest BCUT2D eigenvalue weighted by atomic mass is 16.6. The van der Waals surface area contributed by atoms with Gasteiger partial charge in [-0.25, -0.2) is 0 Å². The maximum atomic E-state index is 11.7. The number of carbonyl (C=O) groups excluding carboxylic acids is 1. The second kappa shape index (κ2) is 5.78. The van der Waals surface area contributed by atoms with Crippen molar-refractivity contribution in [2.75, 3.05) is 13.7 Å². The number of nitro benzene ring substituents is 1. The van der Waals surface area contributed by atoms with Crippen LogP contribution in [0.5, 0.6) is 5.75 Å². The van der Waals surface area contributed by atoms with Gasteiger partial charge in [0.15, 0.2) is 5.75 Å². The molecule has 1 aromatic rings. The van der Waals surface area contributed by atoms with E-state index < -0.39 is 16.8 Å². The first-order valence-electron chi connectivity index (χ1n) is 6.24. The Morgan fingerprint density at radius 1 is 1.57 bits per heavy atom. The molecule has 0 radical (unpaired) electrons. The maximum absolute atomic E-state index is 11.7. The highest BCUT2D eigenvalue weighted by molar-refractivity contribution is 5.86. The Balaban J connectivity index is 2.17. The average molecular weight is 294 g/mol. The molecule has 8 nitrogen and oxygen atoms in total. The monoisotopic (exact) mass is 294 g/mol. The predicted molar refractivity (Wildman–Crippen MR) is 70.8 cm³/mol. The molecule has 1 heterocycles. The lowest BCUT2D eigenvalue weighted by Crippen LogP contribution is -2.25. The summed E-state index contributed by atoms with van der Waals surface area (Å²) < 4.78 is 4.90. The number of ether oxygens (including phenoxy) is 1. The first kappa shape index (κ1) is 14.8. The fourth-order valence-corrected chi connectivity index (χ4v) is 2.29. The Bertz CT molecular complexity index is 600. The van der Waals surface area contributed by atoms with E-state index in [4.69, 9.17) is 9.84 Å². The molecule has 0 saturated carbocycles. The molecule has 0 aliphatic carbocycles. The van der Waals surface area contributed by atoms with E-state index in [1.807, 2.05) is 0 Å². The van der Waals surface area contributed by atoms with Gasteiger partial charge in [-0.3, -0.25) is 19.7 Å². The van der Waals surface area contributed by atoms with E-state index >= 15 is 0 Å². The van der Waals surface area contributed by atoms with E-state index in [-0.39, 0.29) is 36.9 Å². The van der Waals surface area contributed by atoms with Crippen LogP contribution in [0.4, 0.5) is 5.69 Å². The number of hydrogen-bond donors (Lipinski definition) is 1. The molecule has 0 spiro atoms. The van der Waals surface area contributed by atoms with Gasteiger partial charge in [-0.15, -0.1) is 0 Å². The van der Waals surface area contributed by atoms with Gasteiger partial charge in [0.2, 0.25) is 5.91 Å². The Morgan fingerprint density at radius 2 is 2.29 bits per heavy atom. The van der Waals surface area contributed by atoms with E-state index in [9.17, 15) is 19.7 Å². The molecule has 1 N–H and O–H groups in total. The topological polar surface area (TPSA) is 110 Å². The number of nitro groups is 1. The molecule has 1 aliphatic rings. The number of methoxy groups -OCH3 is 1. The fourth-order valence-electron chi connectivity index (χ4n) is 2.29. The number of carbonyl (C=O) groups is 2. The van der Waals surface area contributed by atoms with Gasteiger partial charge >= 0.3 is 11.7 Å². The number of aliphatic carboxylic acids is 1. The summed E-state index contributed by atoms with van der Waals surface area (Å²) in [6.07, 6.45) is -0.0341. The summed E-state index contributed by atoms with van der Waals surface area (Å²) in [6.45, 7) is 0.265. The SMILES string of the molecule is COc1ccc(CN2CC(C(=O)O)CC2=O)cc1[N+](=O)[O-]. The Kier molecular flexibility index (Phi) is 4.06. The lowest BCUT2D eigenvalue weighted by atomic mass is 10.1. The molecule has 1 fully saturated rings. The molecule has 1 atom stereocenters. The van der Waals surface area contributed by atoms with Gasteiger partial charge in [0, 0.05) is 25.6 Å². The van der Waals surface area contributed by atoms with Gasteiger partial charge in [0.25, 0.3) is 0 Å². The highest BCUT2D eigenvalue weighted by Gasteiger charge is 2.34. The average Bonchev–Trinajstić information content (AvgIpc) is 2.80. The van der Waals surface area contributed by atoms with Crippen LogP contribution in [-0.2, 0) is 16.1 Å². The molecule has 1 amide bonds. The van der Waals surface area contributed by atoms with E-state index in [0.717, 1.165) is 0 Å². The summed E-state index contributed by atoms with van der Waals surface area (Å²) in [7, 11) is 1.34. The van der Waals surface area contributed by atoms with Crippen molar-refractivity contribution in [1.29, 1.82) is 0 Å². The van der Waals surface area contributed by atoms with Crippen molar-refractivity contribution in [2.24, 2.45) is 5.92 Å². The van der Waals surface area contributed by atoms with Crippen molar-refractivity contribution >= 4 is 17.6 Å². The number of carboxylic acid groups (broad SMARTS) is 1. The molecule has 1 aliphatic heterocycles. The van der Waals surface area contributed by atoms with Crippen molar-refractivity contribution in [1.82, 2.24) is 4.90 Å². The molecule has 1 saturated heterocycles. The number of likely N-dealkylation sites (tertiary alicyclic amines) is 1. The normalized spacial score (nSPS) is 17.9. The molecular weight excluding hydrogens is 280 g/mol. The van der Waals surface area contributed by atoms with Crippen LogP contribution in [0.1, 0.15) is 12.0 Å². The number of carboxylic acids is 1. The zero-order valence-electron chi connectivity index (χ0n) is 11.3. The van der Waals surface area contributed by atoms with Crippen molar-refractivity contribution in [2.45, 2.75) is 13.0 Å². The minimum atomic E-state index is -1.01. The number of benzene rings is 1. The van der Waals surface area contributed by atoms with Gasteiger partial charge in [-0.1, -0.05) is 6.07 Å². The lowest BCUT2D eigenvalue weighted by molar-refractivity contribution is -0.385. The molecule has 1 unspecified atom stereocenters. The first-order valence-corrected chi connectivity index (χ1v) is 6.24. The first-order chi connectivity index (χ1) is 9.92. The summed E-state index contributed by atoms with van der Waals surface area (Å²) in [4.78, 5) is 34.4. The van der Waals surface area contributed by atoms with Crippen molar-refractivity contribution in [3.05, 3.63) is 33.9 Å². The van der Waals surface area contributed by atoms with E-state index in [2.05, 4.69) is 0 Å². The summed E-state index contributed by atoms with van der Waals surface area (Å²) in [5, 5.41) is 19.9. The fraction of sp³-hybridized carbons (Fsp3) is 0.385. The van der Waals surface area contributed by atoms with Gasteiger partial charge < -0.3 is 14.7 Å². The smallest absolute Gasteiger partial charge is 0.311 e. The van der Waals surface area contributed by atoms with Crippen LogP contribution in [-0.4, -0.2) is 40.5 Å². The molecule has 0 bridgehead atoms. The van der Waals surface area contributed by atoms with Gasteiger partial charge in [-0.05, 0) is 11.6 Å². The summed E-state index contributed by atoms with van der Waals surface area (Å²) >= 11 is 0.